The highest BCUT2D eigenvalue weighted by Gasteiger charge is 2.11. The molecule has 5 heteroatoms. The van der Waals surface area contributed by atoms with Crippen molar-refractivity contribution in [1.82, 2.24) is 4.98 Å². The molecule has 1 aromatic heterocycles. The minimum absolute atomic E-state index is 0.168. The molecule has 0 aliphatic heterocycles. The first-order chi connectivity index (χ1) is 12.5. The number of hydrogen-bond donors (Lipinski definition) is 1. The van der Waals surface area contributed by atoms with Gasteiger partial charge in [0.2, 0.25) is 0 Å². The maximum atomic E-state index is 12.5. The zero-order chi connectivity index (χ0) is 18.5. The van der Waals surface area contributed by atoms with Crippen LogP contribution >= 0.6 is 15.9 Å². The first-order valence-corrected chi connectivity index (χ1v) is 9.16. The number of pyridine rings is 1. The summed E-state index contributed by atoms with van der Waals surface area (Å²) < 4.78 is 6.75. The molecule has 0 saturated carbocycles. The quantitative estimate of drug-likeness (QED) is 0.581. The van der Waals surface area contributed by atoms with Crippen molar-refractivity contribution in [1.29, 1.82) is 0 Å². The molecule has 132 valence electrons. The van der Waals surface area contributed by atoms with Crippen molar-refractivity contribution in [2.24, 2.45) is 0 Å². The summed E-state index contributed by atoms with van der Waals surface area (Å²) in [5.74, 6) is 1.28. The van der Waals surface area contributed by atoms with E-state index in [0.29, 0.717) is 17.0 Å². The van der Waals surface area contributed by atoms with Crippen molar-refractivity contribution in [2.75, 3.05) is 5.32 Å². The minimum atomic E-state index is -0.168. The molecule has 0 bridgehead atoms. The maximum absolute atomic E-state index is 12.5. The lowest BCUT2D eigenvalue weighted by Crippen LogP contribution is -2.14. The third kappa shape index (κ3) is 4.49. The minimum Gasteiger partial charge on any atom is -0.457 e. The second kappa shape index (κ2) is 8.15. The standard InChI is InChI=1S/C21H19BrN2O2/c1-3-16-9-12-20(14(2)23-16)21(25)24-17-7-10-18(11-8-17)26-19-6-4-5-15(22)13-19/h4-13H,3H2,1-2H3,(H,24,25). The molecular formula is C21H19BrN2O2. The molecule has 1 amide bonds. The van der Waals surface area contributed by atoms with Crippen LogP contribution in [-0.2, 0) is 6.42 Å². The van der Waals surface area contributed by atoms with Gasteiger partial charge in [0.25, 0.3) is 5.91 Å². The fourth-order valence-electron chi connectivity index (χ4n) is 2.52. The van der Waals surface area contributed by atoms with Crippen LogP contribution in [0.5, 0.6) is 11.5 Å². The van der Waals surface area contributed by atoms with Crippen LogP contribution in [-0.4, -0.2) is 10.9 Å². The number of carbonyl (C=O) groups is 1. The fraction of sp³-hybridized carbons (Fsp3) is 0.143. The van der Waals surface area contributed by atoms with Crippen molar-refractivity contribution in [3.63, 3.8) is 0 Å². The van der Waals surface area contributed by atoms with Gasteiger partial charge in [-0.3, -0.25) is 9.78 Å². The van der Waals surface area contributed by atoms with Gasteiger partial charge in [-0.2, -0.15) is 0 Å². The molecule has 3 rings (SSSR count). The van der Waals surface area contributed by atoms with Crippen LogP contribution in [0.25, 0.3) is 0 Å². The summed E-state index contributed by atoms with van der Waals surface area (Å²) in [7, 11) is 0. The molecule has 0 atom stereocenters. The summed E-state index contributed by atoms with van der Waals surface area (Å²) in [5.41, 5.74) is 3.00. The molecule has 26 heavy (non-hydrogen) atoms. The van der Waals surface area contributed by atoms with Gasteiger partial charge in [-0.05, 0) is 67.9 Å². The van der Waals surface area contributed by atoms with Crippen LogP contribution in [0.15, 0.2) is 65.1 Å². The van der Waals surface area contributed by atoms with Crippen molar-refractivity contribution in [3.05, 3.63) is 82.1 Å². The van der Waals surface area contributed by atoms with Gasteiger partial charge < -0.3 is 10.1 Å². The predicted molar refractivity (Wildman–Crippen MR) is 107 cm³/mol. The monoisotopic (exact) mass is 410 g/mol. The van der Waals surface area contributed by atoms with Crippen LogP contribution in [0.3, 0.4) is 0 Å². The molecular weight excluding hydrogens is 392 g/mol. The van der Waals surface area contributed by atoms with Crippen LogP contribution in [0.2, 0.25) is 0 Å². The number of halogens is 1. The molecule has 0 aliphatic rings. The summed E-state index contributed by atoms with van der Waals surface area (Å²) >= 11 is 3.42. The number of nitrogens with zero attached hydrogens (tertiary/aromatic N) is 1. The van der Waals surface area contributed by atoms with Crippen LogP contribution in [0.4, 0.5) is 5.69 Å². The van der Waals surface area contributed by atoms with Crippen LogP contribution in [0.1, 0.15) is 28.7 Å². The Morgan fingerprint density at radius 3 is 2.50 bits per heavy atom. The third-order valence-electron chi connectivity index (χ3n) is 3.89. The number of benzene rings is 2. The Morgan fingerprint density at radius 2 is 1.85 bits per heavy atom. The van der Waals surface area contributed by atoms with Gasteiger partial charge in [-0.1, -0.05) is 28.9 Å². The zero-order valence-corrected chi connectivity index (χ0v) is 16.2. The highest BCUT2D eigenvalue weighted by Crippen LogP contribution is 2.25. The average Bonchev–Trinajstić information content (AvgIpc) is 2.63. The normalized spacial score (nSPS) is 10.4. The van der Waals surface area contributed by atoms with Gasteiger partial charge in [-0.25, -0.2) is 0 Å². The second-order valence-electron chi connectivity index (χ2n) is 5.83. The Morgan fingerprint density at radius 1 is 1.08 bits per heavy atom. The Balaban J connectivity index is 1.68. The molecule has 1 N–H and O–H groups in total. The topological polar surface area (TPSA) is 51.2 Å². The lowest BCUT2D eigenvalue weighted by atomic mass is 10.1. The summed E-state index contributed by atoms with van der Waals surface area (Å²) in [4.78, 5) is 16.9. The molecule has 0 spiro atoms. The second-order valence-corrected chi connectivity index (χ2v) is 6.74. The summed E-state index contributed by atoms with van der Waals surface area (Å²) in [5, 5.41) is 2.89. The van der Waals surface area contributed by atoms with Crippen LogP contribution < -0.4 is 10.1 Å². The van der Waals surface area contributed by atoms with Crippen molar-refractivity contribution in [3.8, 4) is 11.5 Å². The fourth-order valence-corrected chi connectivity index (χ4v) is 2.90. The van der Waals surface area contributed by atoms with Crippen molar-refractivity contribution >= 4 is 27.5 Å². The Bertz CT molecular complexity index is 924. The van der Waals surface area contributed by atoms with E-state index in [0.717, 1.165) is 28.0 Å². The van der Waals surface area contributed by atoms with Gasteiger partial charge >= 0.3 is 0 Å². The van der Waals surface area contributed by atoms with Crippen molar-refractivity contribution < 1.29 is 9.53 Å². The third-order valence-corrected chi connectivity index (χ3v) is 4.39. The van der Waals surface area contributed by atoms with E-state index in [2.05, 4.69) is 26.2 Å². The molecule has 1 heterocycles. The Labute approximate surface area is 161 Å². The molecule has 2 aromatic carbocycles. The number of aromatic nitrogens is 1. The number of ether oxygens (including phenoxy) is 1. The van der Waals surface area contributed by atoms with Gasteiger partial charge in [0, 0.05) is 15.9 Å². The number of rotatable bonds is 5. The number of amides is 1. The van der Waals surface area contributed by atoms with E-state index in [1.54, 1.807) is 0 Å². The van der Waals surface area contributed by atoms with E-state index in [1.165, 1.54) is 0 Å². The first-order valence-electron chi connectivity index (χ1n) is 8.36. The van der Waals surface area contributed by atoms with Crippen molar-refractivity contribution in [2.45, 2.75) is 20.3 Å². The largest absolute Gasteiger partial charge is 0.457 e. The molecule has 4 nitrogen and oxygen atoms in total. The lowest BCUT2D eigenvalue weighted by Gasteiger charge is -2.10. The molecule has 0 fully saturated rings. The molecule has 0 unspecified atom stereocenters. The lowest BCUT2D eigenvalue weighted by molar-refractivity contribution is 0.102. The van der Waals surface area contributed by atoms with E-state index < -0.39 is 0 Å². The molecule has 0 aliphatic carbocycles. The maximum Gasteiger partial charge on any atom is 0.257 e. The first kappa shape index (κ1) is 18.1. The summed E-state index contributed by atoms with van der Waals surface area (Å²) in [6, 6.07) is 18.6. The van der Waals surface area contributed by atoms with E-state index in [1.807, 2.05) is 74.5 Å². The SMILES string of the molecule is CCc1ccc(C(=O)Nc2ccc(Oc3cccc(Br)c3)cc2)c(C)n1. The molecule has 3 aromatic rings. The molecule has 0 saturated heterocycles. The Kier molecular flexibility index (Phi) is 5.68. The molecule has 0 radical (unpaired) electrons. The summed E-state index contributed by atoms with van der Waals surface area (Å²) in [6.45, 7) is 3.89. The number of hydrogen-bond acceptors (Lipinski definition) is 3. The Hall–Kier alpha value is -2.66. The average molecular weight is 411 g/mol. The van der Waals surface area contributed by atoms with Gasteiger partial charge in [0.05, 0.1) is 11.3 Å². The highest BCUT2D eigenvalue weighted by atomic mass is 79.9. The zero-order valence-electron chi connectivity index (χ0n) is 14.6. The van der Waals surface area contributed by atoms with E-state index in [4.69, 9.17) is 4.74 Å². The summed E-state index contributed by atoms with van der Waals surface area (Å²) in [6.07, 6.45) is 0.849. The van der Waals surface area contributed by atoms with Crippen LogP contribution in [0, 0.1) is 6.92 Å². The predicted octanol–water partition coefficient (Wildman–Crippen LogP) is 5.76. The number of aryl methyl sites for hydroxylation is 2. The van der Waals surface area contributed by atoms with E-state index >= 15 is 0 Å². The van der Waals surface area contributed by atoms with E-state index in [9.17, 15) is 4.79 Å². The number of nitrogens with one attached hydrogen (secondary N) is 1. The van der Waals surface area contributed by atoms with Gasteiger partial charge in [-0.15, -0.1) is 0 Å². The van der Waals surface area contributed by atoms with E-state index in [-0.39, 0.29) is 5.91 Å². The number of anilines is 1. The smallest absolute Gasteiger partial charge is 0.257 e. The number of carbonyl (C=O) groups excluding carboxylic acids is 1. The highest BCUT2D eigenvalue weighted by molar-refractivity contribution is 9.10. The van der Waals surface area contributed by atoms with Gasteiger partial charge in [0.15, 0.2) is 0 Å². The van der Waals surface area contributed by atoms with Gasteiger partial charge in [0.1, 0.15) is 11.5 Å².